The van der Waals surface area contributed by atoms with Crippen LogP contribution in [0.4, 0.5) is 0 Å². The van der Waals surface area contributed by atoms with Crippen molar-refractivity contribution >= 4 is 25.7 Å². The molecular formula is C23H24N2O3S. The van der Waals surface area contributed by atoms with Crippen molar-refractivity contribution < 1.29 is 13.2 Å². The summed E-state index contributed by atoms with van der Waals surface area (Å²) in [5.41, 5.74) is 1.55. The molecule has 1 aliphatic heterocycles. The lowest BCUT2D eigenvalue weighted by atomic mass is 10.1. The van der Waals surface area contributed by atoms with Crippen molar-refractivity contribution in [3.05, 3.63) is 71.8 Å². The van der Waals surface area contributed by atoms with Crippen molar-refractivity contribution in [2.45, 2.75) is 17.9 Å². The molecule has 3 aromatic carbocycles. The second kappa shape index (κ2) is 7.97. The molecule has 0 aliphatic carbocycles. The maximum atomic E-state index is 13.5. The van der Waals surface area contributed by atoms with E-state index in [0.717, 1.165) is 23.9 Å². The molecule has 0 saturated carbocycles. The van der Waals surface area contributed by atoms with Crippen molar-refractivity contribution in [2.24, 2.45) is 4.99 Å². The standard InChI is InChI=1S/C23H24N2O3S/c1-25(2)13-6-14-28-19-12-11-18-16-24-23(21(18)15-19)29(26,27)22-10-5-8-17-7-3-4-9-20(17)22/h3-5,7-12,15H,6,13-14,16H2,1-2H3. The Morgan fingerprint density at radius 2 is 1.83 bits per heavy atom. The zero-order chi connectivity index (χ0) is 20.4. The first kappa shape index (κ1) is 19.6. The molecule has 0 N–H and O–H groups in total. The minimum atomic E-state index is -3.74. The fourth-order valence-electron chi connectivity index (χ4n) is 3.56. The summed E-state index contributed by atoms with van der Waals surface area (Å²) in [5.74, 6) is 0.672. The predicted molar refractivity (Wildman–Crippen MR) is 116 cm³/mol. The van der Waals surface area contributed by atoms with Crippen LogP contribution in [0.25, 0.3) is 10.8 Å². The number of fused-ring (bicyclic) bond motifs is 2. The van der Waals surface area contributed by atoms with Crippen LogP contribution < -0.4 is 4.74 Å². The van der Waals surface area contributed by atoms with Crippen LogP contribution >= 0.6 is 0 Å². The fourth-order valence-corrected chi connectivity index (χ4v) is 5.21. The van der Waals surface area contributed by atoms with Gasteiger partial charge in [0.1, 0.15) is 5.75 Å². The van der Waals surface area contributed by atoms with Crippen LogP contribution in [0.5, 0.6) is 5.75 Å². The van der Waals surface area contributed by atoms with Gasteiger partial charge >= 0.3 is 0 Å². The summed E-state index contributed by atoms with van der Waals surface area (Å²) in [5, 5.41) is 1.73. The molecule has 29 heavy (non-hydrogen) atoms. The van der Waals surface area contributed by atoms with E-state index in [-0.39, 0.29) is 5.04 Å². The number of hydrogen-bond acceptors (Lipinski definition) is 5. The van der Waals surface area contributed by atoms with Crippen LogP contribution in [-0.4, -0.2) is 45.6 Å². The Balaban J connectivity index is 1.65. The summed E-state index contributed by atoms with van der Waals surface area (Å²) in [6.45, 7) is 1.89. The number of benzene rings is 3. The van der Waals surface area contributed by atoms with Gasteiger partial charge in [-0.25, -0.2) is 8.42 Å². The van der Waals surface area contributed by atoms with Gasteiger partial charge in [-0.1, -0.05) is 42.5 Å². The van der Waals surface area contributed by atoms with Gasteiger partial charge in [-0.15, -0.1) is 0 Å². The van der Waals surface area contributed by atoms with Gasteiger partial charge in [0.05, 0.1) is 18.0 Å². The summed E-state index contributed by atoms with van der Waals surface area (Å²) >= 11 is 0. The topological polar surface area (TPSA) is 59.0 Å². The van der Waals surface area contributed by atoms with Gasteiger partial charge in [-0.3, -0.25) is 4.99 Å². The van der Waals surface area contributed by atoms with Crippen molar-refractivity contribution in [3.8, 4) is 5.75 Å². The number of ether oxygens (including phenoxy) is 1. The minimum Gasteiger partial charge on any atom is -0.494 e. The van der Waals surface area contributed by atoms with Gasteiger partial charge in [-0.05, 0) is 49.7 Å². The number of sulfone groups is 1. The third-order valence-corrected chi connectivity index (χ3v) is 6.81. The Hall–Kier alpha value is -2.70. The van der Waals surface area contributed by atoms with E-state index < -0.39 is 9.84 Å². The van der Waals surface area contributed by atoms with Crippen LogP contribution in [0.15, 0.2) is 70.6 Å². The molecule has 0 amide bonds. The van der Waals surface area contributed by atoms with Crippen molar-refractivity contribution in [3.63, 3.8) is 0 Å². The molecular weight excluding hydrogens is 384 g/mol. The molecule has 1 heterocycles. The quantitative estimate of drug-likeness (QED) is 0.581. The molecule has 0 aromatic heterocycles. The Morgan fingerprint density at radius 3 is 2.66 bits per heavy atom. The molecule has 0 radical (unpaired) electrons. The lowest BCUT2D eigenvalue weighted by Gasteiger charge is -2.12. The first-order valence-electron chi connectivity index (χ1n) is 9.65. The molecule has 0 fully saturated rings. The third kappa shape index (κ3) is 3.91. The highest BCUT2D eigenvalue weighted by molar-refractivity contribution is 8.07. The van der Waals surface area contributed by atoms with Crippen molar-refractivity contribution in [1.82, 2.24) is 4.90 Å². The van der Waals surface area contributed by atoms with Crippen LogP contribution in [-0.2, 0) is 16.4 Å². The van der Waals surface area contributed by atoms with E-state index in [1.54, 1.807) is 18.2 Å². The molecule has 0 unspecified atom stereocenters. The highest BCUT2D eigenvalue weighted by atomic mass is 32.2. The normalized spacial score (nSPS) is 13.6. The Labute approximate surface area is 171 Å². The van der Waals surface area contributed by atoms with E-state index in [1.165, 1.54) is 0 Å². The molecule has 0 bridgehead atoms. The fraction of sp³-hybridized carbons (Fsp3) is 0.261. The maximum absolute atomic E-state index is 13.5. The molecule has 4 rings (SSSR count). The van der Waals surface area contributed by atoms with Gasteiger partial charge < -0.3 is 9.64 Å². The SMILES string of the molecule is CN(C)CCCOc1ccc2c(c1)C(S(=O)(=O)c1cccc3ccccc13)=NC2. The lowest BCUT2D eigenvalue weighted by Crippen LogP contribution is -2.16. The Bertz CT molecular complexity index is 1180. The number of hydrogen-bond donors (Lipinski definition) is 0. The average Bonchev–Trinajstić information content (AvgIpc) is 3.15. The second-order valence-electron chi connectivity index (χ2n) is 7.43. The summed E-state index contributed by atoms with van der Waals surface area (Å²) in [6.07, 6.45) is 0.902. The van der Waals surface area contributed by atoms with Gasteiger partial charge in [-0.2, -0.15) is 0 Å². The number of aliphatic imine (C=N–C) groups is 1. The summed E-state index contributed by atoms with van der Waals surface area (Å²) in [4.78, 5) is 6.78. The van der Waals surface area contributed by atoms with E-state index in [4.69, 9.17) is 4.74 Å². The minimum absolute atomic E-state index is 0.127. The van der Waals surface area contributed by atoms with Crippen LogP contribution in [0, 0.1) is 0 Å². The maximum Gasteiger partial charge on any atom is 0.224 e. The zero-order valence-corrected chi connectivity index (χ0v) is 17.4. The first-order chi connectivity index (χ1) is 14.0. The van der Waals surface area contributed by atoms with Gasteiger partial charge in [0.15, 0.2) is 5.04 Å². The highest BCUT2D eigenvalue weighted by Crippen LogP contribution is 2.32. The van der Waals surface area contributed by atoms with Crippen LogP contribution in [0.2, 0.25) is 0 Å². The second-order valence-corrected chi connectivity index (χ2v) is 9.26. The lowest BCUT2D eigenvalue weighted by molar-refractivity contribution is 0.281. The summed E-state index contributed by atoms with van der Waals surface area (Å²) < 4.78 is 32.8. The molecule has 0 spiro atoms. The Kier molecular flexibility index (Phi) is 5.39. The van der Waals surface area contributed by atoms with Crippen LogP contribution in [0.1, 0.15) is 17.5 Å². The molecule has 6 heteroatoms. The molecule has 0 atom stereocenters. The third-order valence-electron chi connectivity index (χ3n) is 5.02. The summed E-state index contributed by atoms with van der Waals surface area (Å²) in [6, 6.07) is 18.4. The molecule has 150 valence electrons. The van der Waals surface area contributed by atoms with E-state index >= 15 is 0 Å². The average molecular weight is 409 g/mol. The zero-order valence-electron chi connectivity index (χ0n) is 16.6. The monoisotopic (exact) mass is 408 g/mol. The van der Waals surface area contributed by atoms with Gasteiger partial charge in [0.2, 0.25) is 9.84 Å². The van der Waals surface area contributed by atoms with Crippen LogP contribution in [0.3, 0.4) is 0 Å². The largest absolute Gasteiger partial charge is 0.494 e. The molecule has 3 aromatic rings. The molecule has 5 nitrogen and oxygen atoms in total. The van der Waals surface area contributed by atoms with Gasteiger partial charge in [0.25, 0.3) is 0 Å². The molecule has 0 saturated heterocycles. The van der Waals surface area contributed by atoms with Gasteiger partial charge in [0, 0.05) is 17.5 Å². The van der Waals surface area contributed by atoms with E-state index in [9.17, 15) is 8.42 Å². The summed E-state index contributed by atoms with van der Waals surface area (Å²) in [7, 11) is 0.304. The predicted octanol–water partition coefficient (Wildman–Crippen LogP) is 3.90. The smallest absolute Gasteiger partial charge is 0.224 e. The van der Waals surface area contributed by atoms with Crippen molar-refractivity contribution in [1.29, 1.82) is 0 Å². The van der Waals surface area contributed by atoms with E-state index in [1.807, 2.05) is 56.6 Å². The molecule has 1 aliphatic rings. The number of rotatable bonds is 6. The number of nitrogens with zero attached hydrogens (tertiary/aromatic N) is 2. The van der Waals surface area contributed by atoms with Crippen molar-refractivity contribution in [2.75, 3.05) is 27.2 Å². The Morgan fingerprint density at radius 1 is 1.03 bits per heavy atom. The highest BCUT2D eigenvalue weighted by Gasteiger charge is 2.31. The first-order valence-corrected chi connectivity index (χ1v) is 11.1. The van der Waals surface area contributed by atoms with E-state index in [0.29, 0.717) is 34.7 Å². The van der Waals surface area contributed by atoms with E-state index in [2.05, 4.69) is 9.89 Å².